The lowest BCUT2D eigenvalue weighted by Gasteiger charge is -2.34. The van der Waals surface area contributed by atoms with Crippen LogP contribution in [-0.2, 0) is 27.8 Å². The molecular formula is C21H19ClN2O4S2. The number of sulfonamides is 1. The van der Waals surface area contributed by atoms with E-state index in [1.807, 2.05) is 24.3 Å². The summed E-state index contributed by atoms with van der Waals surface area (Å²) in [7, 11) is -2.32. The van der Waals surface area contributed by atoms with Gasteiger partial charge in [0.2, 0.25) is 5.91 Å². The third-order valence-corrected chi connectivity index (χ3v) is 8.51. The van der Waals surface area contributed by atoms with Gasteiger partial charge in [-0.25, -0.2) is 8.42 Å². The lowest BCUT2D eigenvalue weighted by Crippen LogP contribution is -2.50. The predicted molar refractivity (Wildman–Crippen MR) is 118 cm³/mol. The topological polar surface area (TPSA) is 75.7 Å². The zero-order valence-electron chi connectivity index (χ0n) is 16.0. The van der Waals surface area contributed by atoms with Crippen molar-refractivity contribution in [1.82, 2.24) is 4.31 Å². The van der Waals surface area contributed by atoms with Gasteiger partial charge >= 0.3 is 0 Å². The van der Waals surface area contributed by atoms with Gasteiger partial charge in [0.1, 0.15) is 16.0 Å². The quantitative estimate of drug-likeness (QED) is 0.617. The molecule has 0 saturated heterocycles. The number of nitrogens with zero attached hydrogens (tertiary/aromatic N) is 1. The van der Waals surface area contributed by atoms with Crippen LogP contribution in [0.3, 0.4) is 0 Å². The van der Waals surface area contributed by atoms with E-state index in [-0.39, 0.29) is 17.2 Å². The van der Waals surface area contributed by atoms with E-state index in [0.29, 0.717) is 16.5 Å². The number of nitrogens with one attached hydrogen (secondary N) is 1. The molecule has 1 N–H and O–H groups in total. The van der Waals surface area contributed by atoms with Crippen LogP contribution in [0, 0.1) is 0 Å². The highest BCUT2D eigenvalue weighted by Gasteiger charge is 2.40. The molecule has 0 fully saturated rings. The molecule has 4 rings (SSSR count). The van der Waals surface area contributed by atoms with Crippen molar-refractivity contribution in [2.75, 3.05) is 12.4 Å². The minimum Gasteiger partial charge on any atom is -0.495 e. The number of anilines is 1. The van der Waals surface area contributed by atoms with E-state index in [2.05, 4.69) is 5.32 Å². The Bertz CT molecular complexity index is 1180. The SMILES string of the molecule is COc1ccc(NC(=O)C2Cc3ccccc3CN2S(=O)(=O)c2cccs2)cc1Cl. The maximum Gasteiger partial charge on any atom is 0.253 e. The van der Waals surface area contributed by atoms with Gasteiger partial charge in [-0.05, 0) is 47.2 Å². The average molecular weight is 463 g/mol. The van der Waals surface area contributed by atoms with Crippen LogP contribution < -0.4 is 10.1 Å². The van der Waals surface area contributed by atoms with Crippen molar-refractivity contribution in [3.8, 4) is 5.75 Å². The molecule has 0 saturated carbocycles. The fourth-order valence-electron chi connectivity index (χ4n) is 3.47. The summed E-state index contributed by atoms with van der Waals surface area (Å²) in [6.45, 7) is 0.137. The van der Waals surface area contributed by atoms with Crippen LogP contribution in [0.5, 0.6) is 5.75 Å². The average Bonchev–Trinajstić information content (AvgIpc) is 3.29. The number of carbonyl (C=O) groups excluding carboxylic acids is 1. The van der Waals surface area contributed by atoms with Crippen LogP contribution in [0.1, 0.15) is 11.1 Å². The smallest absolute Gasteiger partial charge is 0.253 e. The van der Waals surface area contributed by atoms with Crippen LogP contribution in [0.15, 0.2) is 64.2 Å². The summed E-state index contributed by atoms with van der Waals surface area (Å²) >= 11 is 7.29. The van der Waals surface area contributed by atoms with Gasteiger partial charge in [-0.15, -0.1) is 11.3 Å². The van der Waals surface area contributed by atoms with Gasteiger partial charge in [-0.3, -0.25) is 4.79 Å². The zero-order chi connectivity index (χ0) is 21.3. The Hall–Kier alpha value is -2.39. The number of methoxy groups -OCH3 is 1. The number of ether oxygens (including phenoxy) is 1. The molecule has 1 amide bonds. The summed E-state index contributed by atoms with van der Waals surface area (Å²) in [6, 6.07) is 14.8. The van der Waals surface area contributed by atoms with Gasteiger partial charge in [0.05, 0.1) is 12.1 Å². The fourth-order valence-corrected chi connectivity index (χ4v) is 6.41. The molecule has 0 aliphatic carbocycles. The monoisotopic (exact) mass is 462 g/mol. The van der Waals surface area contributed by atoms with Crippen LogP contribution >= 0.6 is 22.9 Å². The first-order chi connectivity index (χ1) is 14.4. The number of fused-ring (bicyclic) bond motifs is 1. The first kappa shape index (κ1) is 20.9. The minimum absolute atomic E-state index is 0.137. The van der Waals surface area contributed by atoms with Gasteiger partial charge in [-0.2, -0.15) is 4.31 Å². The third-order valence-electron chi connectivity index (χ3n) is 4.99. The molecule has 1 atom stereocenters. The van der Waals surface area contributed by atoms with Crippen LogP contribution in [0.25, 0.3) is 0 Å². The second kappa shape index (κ2) is 8.39. The van der Waals surface area contributed by atoms with Gasteiger partial charge in [0, 0.05) is 12.2 Å². The largest absolute Gasteiger partial charge is 0.495 e. The van der Waals surface area contributed by atoms with Gasteiger partial charge in [0.15, 0.2) is 0 Å². The fraction of sp³-hybridized carbons (Fsp3) is 0.190. The van der Waals surface area contributed by atoms with Crippen molar-refractivity contribution in [1.29, 1.82) is 0 Å². The minimum atomic E-state index is -3.82. The zero-order valence-corrected chi connectivity index (χ0v) is 18.4. The van der Waals surface area contributed by atoms with E-state index >= 15 is 0 Å². The summed E-state index contributed by atoms with van der Waals surface area (Å²) in [5, 5.41) is 4.86. The van der Waals surface area contributed by atoms with E-state index in [1.165, 1.54) is 11.4 Å². The summed E-state index contributed by atoms with van der Waals surface area (Å²) in [6.07, 6.45) is 0.288. The second-order valence-electron chi connectivity index (χ2n) is 6.81. The van der Waals surface area contributed by atoms with Crippen LogP contribution in [-0.4, -0.2) is 31.8 Å². The van der Waals surface area contributed by atoms with Gasteiger partial charge in [-0.1, -0.05) is 41.9 Å². The lowest BCUT2D eigenvalue weighted by molar-refractivity contribution is -0.120. The number of hydrogen-bond donors (Lipinski definition) is 1. The number of amides is 1. The molecule has 6 nitrogen and oxygen atoms in total. The van der Waals surface area contributed by atoms with Crippen molar-refractivity contribution < 1.29 is 17.9 Å². The third kappa shape index (κ3) is 3.96. The molecule has 1 aromatic heterocycles. The van der Waals surface area contributed by atoms with Crippen LogP contribution in [0.2, 0.25) is 5.02 Å². The van der Waals surface area contributed by atoms with E-state index in [9.17, 15) is 13.2 Å². The normalized spacial score (nSPS) is 16.7. The lowest BCUT2D eigenvalue weighted by atomic mass is 9.95. The molecule has 9 heteroatoms. The number of hydrogen-bond acceptors (Lipinski definition) is 5. The number of rotatable bonds is 5. The molecule has 1 aliphatic rings. The summed E-state index contributed by atoms with van der Waals surface area (Å²) < 4.78 is 33.2. The first-order valence-corrected chi connectivity index (χ1v) is 11.9. The Morgan fingerprint density at radius 2 is 1.93 bits per heavy atom. The van der Waals surface area contributed by atoms with Crippen molar-refractivity contribution in [3.05, 3.63) is 76.1 Å². The van der Waals surface area contributed by atoms with E-state index < -0.39 is 22.0 Å². The van der Waals surface area contributed by atoms with Crippen molar-refractivity contribution in [3.63, 3.8) is 0 Å². The standard InChI is InChI=1S/C21H19ClN2O4S2/c1-28-19-9-8-16(12-17(19)22)23-21(25)18-11-14-5-2-3-6-15(14)13-24(18)30(26,27)20-7-4-10-29-20/h2-10,12,18H,11,13H2,1H3,(H,23,25). The number of benzene rings is 2. The molecule has 3 aromatic rings. The van der Waals surface area contributed by atoms with Crippen molar-refractivity contribution in [2.24, 2.45) is 0 Å². The number of thiophene rings is 1. The van der Waals surface area contributed by atoms with Gasteiger partial charge < -0.3 is 10.1 Å². The molecule has 1 unspecified atom stereocenters. The Morgan fingerprint density at radius 1 is 1.17 bits per heavy atom. The first-order valence-electron chi connectivity index (χ1n) is 9.16. The Morgan fingerprint density at radius 3 is 2.60 bits per heavy atom. The van der Waals surface area contributed by atoms with Crippen molar-refractivity contribution in [2.45, 2.75) is 23.2 Å². The molecule has 2 aromatic carbocycles. The molecule has 0 bridgehead atoms. The second-order valence-corrected chi connectivity index (χ2v) is 10.3. The molecule has 156 valence electrons. The Kier molecular flexibility index (Phi) is 5.84. The number of carbonyl (C=O) groups is 1. The van der Waals surface area contributed by atoms with Crippen LogP contribution in [0.4, 0.5) is 5.69 Å². The highest BCUT2D eigenvalue weighted by atomic mass is 35.5. The maximum absolute atomic E-state index is 13.3. The highest BCUT2D eigenvalue weighted by molar-refractivity contribution is 7.91. The molecule has 0 spiro atoms. The Labute approximate surface area is 184 Å². The highest BCUT2D eigenvalue weighted by Crippen LogP contribution is 2.32. The maximum atomic E-state index is 13.3. The van der Waals surface area contributed by atoms with E-state index in [1.54, 1.807) is 35.7 Å². The Balaban J connectivity index is 1.68. The van der Waals surface area contributed by atoms with E-state index in [4.69, 9.17) is 16.3 Å². The van der Waals surface area contributed by atoms with Gasteiger partial charge in [0.25, 0.3) is 10.0 Å². The van der Waals surface area contributed by atoms with Crippen molar-refractivity contribution >= 4 is 44.6 Å². The summed E-state index contributed by atoms with van der Waals surface area (Å²) in [4.78, 5) is 13.2. The molecule has 0 radical (unpaired) electrons. The molecular weight excluding hydrogens is 444 g/mol. The summed E-state index contributed by atoms with van der Waals surface area (Å²) in [5.41, 5.74) is 2.33. The number of halogens is 1. The molecule has 30 heavy (non-hydrogen) atoms. The molecule has 1 aliphatic heterocycles. The molecule has 2 heterocycles. The summed E-state index contributed by atoms with van der Waals surface area (Å²) in [5.74, 6) is 0.0778. The predicted octanol–water partition coefficient (Wildman–Crippen LogP) is 4.16. The van der Waals surface area contributed by atoms with E-state index in [0.717, 1.165) is 22.5 Å².